The first-order valence-corrected chi connectivity index (χ1v) is 9.62. The van der Waals surface area contributed by atoms with Crippen molar-refractivity contribution in [2.24, 2.45) is 12.0 Å². The summed E-state index contributed by atoms with van der Waals surface area (Å²) in [4.78, 5) is 29.1. The lowest BCUT2D eigenvalue weighted by Gasteiger charge is -2.35. The summed E-state index contributed by atoms with van der Waals surface area (Å²) in [6.07, 6.45) is 5.77. The van der Waals surface area contributed by atoms with Gasteiger partial charge in [-0.2, -0.15) is 10.1 Å². The molecule has 0 radical (unpaired) electrons. The van der Waals surface area contributed by atoms with Crippen LogP contribution in [0.25, 0.3) is 11.6 Å². The second-order valence-corrected chi connectivity index (χ2v) is 6.79. The van der Waals surface area contributed by atoms with Crippen molar-refractivity contribution in [2.75, 3.05) is 38.1 Å². The first-order chi connectivity index (χ1) is 14.6. The van der Waals surface area contributed by atoms with Crippen molar-refractivity contribution in [1.82, 2.24) is 35.1 Å². The van der Waals surface area contributed by atoms with E-state index >= 15 is 0 Å². The first-order valence-electron chi connectivity index (χ1n) is 9.62. The zero-order valence-corrected chi connectivity index (χ0v) is 16.9. The number of anilines is 1. The van der Waals surface area contributed by atoms with Crippen LogP contribution in [0.1, 0.15) is 5.82 Å². The Morgan fingerprint density at radius 1 is 1.33 bits per heavy atom. The molecule has 1 N–H and O–H groups in total. The Kier molecular flexibility index (Phi) is 5.68. The third-order valence-corrected chi connectivity index (χ3v) is 4.72. The second-order valence-electron chi connectivity index (χ2n) is 6.79. The van der Waals surface area contributed by atoms with Crippen LogP contribution in [0, 0.1) is 0 Å². The Balaban J connectivity index is 1.29. The molecule has 156 valence electrons. The number of carbonyl (C=O) groups is 1. The van der Waals surface area contributed by atoms with Crippen molar-refractivity contribution in [1.29, 1.82) is 0 Å². The third kappa shape index (κ3) is 4.29. The number of aryl methyl sites for hydroxylation is 1. The van der Waals surface area contributed by atoms with Crippen LogP contribution in [-0.4, -0.2) is 74.9 Å². The van der Waals surface area contributed by atoms with E-state index in [-0.39, 0.29) is 12.5 Å². The maximum atomic E-state index is 12.6. The second kappa shape index (κ2) is 8.72. The van der Waals surface area contributed by atoms with Gasteiger partial charge in [0.25, 0.3) is 5.89 Å². The molecule has 0 bridgehead atoms. The van der Waals surface area contributed by atoms with E-state index in [9.17, 15) is 4.79 Å². The van der Waals surface area contributed by atoms with Gasteiger partial charge in [-0.15, -0.1) is 0 Å². The van der Waals surface area contributed by atoms with E-state index in [1.807, 2.05) is 36.3 Å². The molecule has 0 spiro atoms. The Hall–Kier alpha value is -3.76. The zero-order chi connectivity index (χ0) is 20.9. The fraction of sp³-hybridized carbons (Fsp3) is 0.368. The largest absolute Gasteiger partial charge is 0.356 e. The highest BCUT2D eigenvalue weighted by molar-refractivity contribution is 5.98. The number of aliphatic imine (C=N–C) groups is 1. The number of pyridine rings is 1. The highest BCUT2D eigenvalue weighted by Crippen LogP contribution is 2.16. The van der Waals surface area contributed by atoms with Gasteiger partial charge in [0, 0.05) is 52.5 Å². The van der Waals surface area contributed by atoms with Gasteiger partial charge in [0.05, 0.1) is 11.9 Å². The number of aromatic nitrogens is 5. The maximum absolute atomic E-state index is 12.6. The quantitative estimate of drug-likeness (QED) is 0.473. The van der Waals surface area contributed by atoms with Crippen LogP contribution >= 0.6 is 0 Å². The molecule has 3 aromatic rings. The topological polar surface area (TPSA) is 118 Å². The van der Waals surface area contributed by atoms with Crippen molar-refractivity contribution in [3.8, 4) is 11.6 Å². The van der Waals surface area contributed by atoms with Crippen LogP contribution < -0.4 is 10.2 Å². The van der Waals surface area contributed by atoms with Crippen molar-refractivity contribution in [3.05, 3.63) is 42.6 Å². The van der Waals surface area contributed by atoms with E-state index in [0.717, 1.165) is 5.69 Å². The summed E-state index contributed by atoms with van der Waals surface area (Å²) in [5, 5.41) is 11.4. The smallest absolute Gasteiger partial charge is 0.276 e. The van der Waals surface area contributed by atoms with Gasteiger partial charge in [-0.25, -0.2) is 0 Å². The number of rotatable bonds is 5. The Bertz CT molecular complexity index is 1030. The molecule has 11 heteroatoms. The molecule has 0 atom stereocenters. The maximum Gasteiger partial charge on any atom is 0.276 e. The van der Waals surface area contributed by atoms with Crippen molar-refractivity contribution < 1.29 is 9.32 Å². The third-order valence-electron chi connectivity index (χ3n) is 4.72. The fourth-order valence-corrected chi connectivity index (χ4v) is 3.24. The summed E-state index contributed by atoms with van der Waals surface area (Å²) in [5.74, 6) is 1.65. The summed E-state index contributed by atoms with van der Waals surface area (Å²) in [6, 6.07) is 5.52. The zero-order valence-electron chi connectivity index (χ0n) is 16.9. The average molecular weight is 409 g/mol. The highest BCUT2D eigenvalue weighted by Gasteiger charge is 2.27. The average Bonchev–Trinajstić information content (AvgIpc) is 3.41. The molecule has 3 aromatic heterocycles. The van der Waals surface area contributed by atoms with Gasteiger partial charge < -0.3 is 19.6 Å². The molecule has 1 amide bonds. The number of nitrogens with zero attached hydrogens (tertiary/aromatic N) is 8. The van der Waals surface area contributed by atoms with Crippen LogP contribution in [0.2, 0.25) is 0 Å². The van der Waals surface area contributed by atoms with E-state index in [0.29, 0.717) is 49.4 Å². The number of nitrogens with one attached hydrogen (secondary N) is 1. The van der Waals surface area contributed by atoms with Crippen LogP contribution in [0.15, 0.2) is 46.3 Å². The van der Waals surface area contributed by atoms with E-state index < -0.39 is 0 Å². The minimum Gasteiger partial charge on any atom is -0.356 e. The number of guanidine groups is 1. The van der Waals surface area contributed by atoms with E-state index in [2.05, 4.69) is 30.5 Å². The van der Waals surface area contributed by atoms with Crippen LogP contribution in [0.3, 0.4) is 0 Å². The summed E-state index contributed by atoms with van der Waals surface area (Å²) >= 11 is 0. The fourth-order valence-electron chi connectivity index (χ4n) is 3.24. The monoisotopic (exact) mass is 409 g/mol. The lowest BCUT2D eigenvalue weighted by Crippen LogP contribution is -2.55. The standard InChI is InChI=1S/C19H23N9O2/c1-20-19(27-9-10-28(17(29)13-27)14-11-23-26(2)12-14)22-8-6-16-24-18(30-25-16)15-5-3-4-7-21-15/h3-5,7,11-12H,6,8-10,13H2,1-2H3,(H,20,22). The molecule has 1 aliphatic heterocycles. The Morgan fingerprint density at radius 2 is 2.23 bits per heavy atom. The SMILES string of the molecule is CN=C(NCCc1noc(-c2ccccn2)n1)N1CCN(c2cnn(C)c2)C(=O)C1. The molecular formula is C19H23N9O2. The van der Waals surface area contributed by atoms with Gasteiger partial charge in [0.1, 0.15) is 12.2 Å². The number of carbonyl (C=O) groups excluding carboxylic acids is 1. The molecule has 4 rings (SSSR count). The molecule has 0 unspecified atom stereocenters. The molecule has 30 heavy (non-hydrogen) atoms. The van der Waals surface area contributed by atoms with Gasteiger partial charge in [-0.3, -0.25) is 19.5 Å². The van der Waals surface area contributed by atoms with Gasteiger partial charge in [-0.1, -0.05) is 11.2 Å². The van der Waals surface area contributed by atoms with Crippen LogP contribution in [0.5, 0.6) is 0 Å². The molecule has 11 nitrogen and oxygen atoms in total. The van der Waals surface area contributed by atoms with Gasteiger partial charge in [-0.05, 0) is 12.1 Å². The molecule has 0 saturated carbocycles. The number of hydrogen-bond acceptors (Lipinski definition) is 7. The van der Waals surface area contributed by atoms with E-state index in [1.165, 1.54) is 0 Å². The normalized spacial score (nSPS) is 15.0. The molecule has 1 aliphatic rings. The summed E-state index contributed by atoms with van der Waals surface area (Å²) in [6.45, 7) is 2.06. The van der Waals surface area contributed by atoms with Gasteiger partial charge in [0.2, 0.25) is 5.91 Å². The van der Waals surface area contributed by atoms with Gasteiger partial charge >= 0.3 is 0 Å². The van der Waals surface area contributed by atoms with Crippen molar-refractivity contribution in [2.45, 2.75) is 6.42 Å². The molecule has 4 heterocycles. The predicted molar refractivity (Wildman–Crippen MR) is 110 cm³/mol. The lowest BCUT2D eigenvalue weighted by atomic mass is 10.3. The summed E-state index contributed by atoms with van der Waals surface area (Å²) < 4.78 is 6.96. The molecular weight excluding hydrogens is 386 g/mol. The molecule has 1 fully saturated rings. The summed E-state index contributed by atoms with van der Waals surface area (Å²) in [7, 11) is 3.53. The summed E-state index contributed by atoms with van der Waals surface area (Å²) in [5.41, 5.74) is 1.45. The van der Waals surface area contributed by atoms with Gasteiger partial charge in [0.15, 0.2) is 11.8 Å². The van der Waals surface area contributed by atoms with Crippen LogP contribution in [0.4, 0.5) is 5.69 Å². The molecule has 0 aliphatic carbocycles. The van der Waals surface area contributed by atoms with E-state index in [1.54, 1.807) is 29.0 Å². The minimum absolute atomic E-state index is 0.00960. The first kappa shape index (κ1) is 19.6. The van der Waals surface area contributed by atoms with Crippen molar-refractivity contribution >= 4 is 17.6 Å². The predicted octanol–water partition coefficient (Wildman–Crippen LogP) is 0.332. The molecule has 1 saturated heterocycles. The number of amides is 1. The minimum atomic E-state index is 0.00960. The number of piperazine rings is 1. The van der Waals surface area contributed by atoms with Crippen molar-refractivity contribution in [3.63, 3.8) is 0 Å². The van der Waals surface area contributed by atoms with Crippen LogP contribution in [-0.2, 0) is 18.3 Å². The Morgan fingerprint density at radius 3 is 2.93 bits per heavy atom. The number of hydrogen-bond donors (Lipinski definition) is 1. The molecule has 0 aromatic carbocycles. The lowest BCUT2D eigenvalue weighted by molar-refractivity contribution is -0.120. The van der Waals surface area contributed by atoms with E-state index in [4.69, 9.17) is 4.52 Å². The Labute approximate surface area is 173 Å². The highest BCUT2D eigenvalue weighted by atomic mass is 16.5.